The van der Waals surface area contributed by atoms with E-state index in [2.05, 4.69) is 0 Å². The van der Waals surface area contributed by atoms with Gasteiger partial charge in [-0.25, -0.2) is 0 Å². The van der Waals surface area contributed by atoms with Crippen LogP contribution in [0.25, 0.3) is 0 Å². The standard InChI is InChI=1S/C11H11Cl2NOS/c1-16-10-3-2-7(12)4-9(10)14-6-8(13)5-11(14)15/h2-4,8H,5-6H2,1H3. The molecule has 1 atom stereocenters. The molecule has 1 aromatic rings. The van der Waals surface area contributed by atoms with Gasteiger partial charge >= 0.3 is 0 Å². The molecule has 1 unspecified atom stereocenters. The summed E-state index contributed by atoms with van der Waals surface area (Å²) in [6, 6.07) is 5.58. The summed E-state index contributed by atoms with van der Waals surface area (Å²) in [6.45, 7) is 0.564. The predicted octanol–water partition coefficient (Wildman–Crippen LogP) is 3.41. The van der Waals surface area contributed by atoms with Crippen molar-refractivity contribution in [2.75, 3.05) is 17.7 Å². The second-order valence-corrected chi connectivity index (χ2v) is 5.52. The fraction of sp³-hybridized carbons (Fsp3) is 0.364. The Balaban J connectivity index is 2.39. The molecule has 1 aliphatic heterocycles. The summed E-state index contributed by atoms with van der Waals surface area (Å²) >= 11 is 13.5. The largest absolute Gasteiger partial charge is 0.310 e. The number of nitrogens with zero attached hydrogens (tertiary/aromatic N) is 1. The SMILES string of the molecule is CSc1ccc(Cl)cc1N1CC(Cl)CC1=O. The second kappa shape index (κ2) is 4.86. The number of rotatable bonds is 2. The molecule has 1 amide bonds. The van der Waals surface area contributed by atoms with Gasteiger partial charge < -0.3 is 4.90 Å². The highest BCUT2D eigenvalue weighted by Gasteiger charge is 2.30. The zero-order valence-corrected chi connectivity index (χ0v) is 11.1. The van der Waals surface area contributed by atoms with Crippen molar-refractivity contribution in [1.29, 1.82) is 0 Å². The molecule has 0 radical (unpaired) electrons. The lowest BCUT2D eigenvalue weighted by Gasteiger charge is -2.19. The number of amides is 1. The number of anilines is 1. The van der Waals surface area contributed by atoms with Gasteiger partial charge in [-0.05, 0) is 24.5 Å². The van der Waals surface area contributed by atoms with Crippen molar-refractivity contribution in [3.05, 3.63) is 23.2 Å². The Morgan fingerprint density at radius 2 is 2.25 bits per heavy atom. The Kier molecular flexibility index (Phi) is 3.67. The first-order valence-corrected chi connectivity index (χ1v) is 6.93. The number of hydrogen-bond donors (Lipinski definition) is 0. The maximum absolute atomic E-state index is 11.8. The molecule has 0 N–H and O–H groups in total. The van der Waals surface area contributed by atoms with Gasteiger partial charge in [0, 0.05) is 22.9 Å². The number of halogens is 2. The Morgan fingerprint density at radius 3 is 2.81 bits per heavy atom. The lowest BCUT2D eigenvalue weighted by atomic mass is 10.3. The zero-order valence-electron chi connectivity index (χ0n) is 8.74. The average molecular weight is 276 g/mol. The van der Waals surface area contributed by atoms with E-state index in [9.17, 15) is 4.79 Å². The average Bonchev–Trinajstić information content (AvgIpc) is 2.57. The molecule has 5 heteroatoms. The van der Waals surface area contributed by atoms with E-state index in [1.807, 2.05) is 24.5 Å². The highest BCUT2D eigenvalue weighted by Crippen LogP contribution is 2.34. The summed E-state index contributed by atoms with van der Waals surface area (Å²) in [5.74, 6) is 0.0672. The van der Waals surface area contributed by atoms with Crippen LogP contribution in [-0.4, -0.2) is 24.1 Å². The third-order valence-corrected chi connectivity index (χ3v) is 3.82. The van der Waals surface area contributed by atoms with Crippen LogP contribution in [0, 0.1) is 0 Å². The minimum atomic E-state index is -0.0961. The molecule has 0 spiro atoms. The van der Waals surface area contributed by atoms with Gasteiger partial charge in [0.2, 0.25) is 5.91 Å². The fourth-order valence-corrected chi connectivity index (χ4v) is 2.79. The first-order chi connectivity index (χ1) is 7.61. The molecule has 1 heterocycles. The third kappa shape index (κ3) is 2.31. The van der Waals surface area contributed by atoms with E-state index in [1.165, 1.54) is 0 Å². The summed E-state index contributed by atoms with van der Waals surface area (Å²) in [6.07, 6.45) is 2.38. The Hall–Kier alpha value is -0.380. The van der Waals surface area contributed by atoms with Crippen molar-refractivity contribution in [2.45, 2.75) is 16.7 Å². The molecule has 0 saturated carbocycles. The van der Waals surface area contributed by atoms with Gasteiger partial charge in [-0.3, -0.25) is 4.79 Å². The van der Waals surface area contributed by atoms with Gasteiger partial charge in [0.25, 0.3) is 0 Å². The normalized spacial score (nSPS) is 20.6. The quantitative estimate of drug-likeness (QED) is 0.609. The summed E-state index contributed by atoms with van der Waals surface area (Å²) < 4.78 is 0. The third-order valence-electron chi connectivity index (χ3n) is 2.51. The van der Waals surface area contributed by atoms with Gasteiger partial charge in [-0.15, -0.1) is 23.4 Å². The van der Waals surface area contributed by atoms with Crippen LogP contribution in [0.3, 0.4) is 0 Å². The number of carbonyl (C=O) groups is 1. The van der Waals surface area contributed by atoms with E-state index in [1.54, 1.807) is 16.7 Å². The van der Waals surface area contributed by atoms with Crippen LogP contribution in [0.5, 0.6) is 0 Å². The molecule has 1 saturated heterocycles. The lowest BCUT2D eigenvalue weighted by molar-refractivity contribution is -0.117. The van der Waals surface area contributed by atoms with Gasteiger partial charge in [0.1, 0.15) is 0 Å². The van der Waals surface area contributed by atoms with E-state index in [0.717, 1.165) is 10.6 Å². The summed E-state index contributed by atoms with van der Waals surface area (Å²) in [5.41, 5.74) is 0.869. The summed E-state index contributed by atoms with van der Waals surface area (Å²) in [5, 5.41) is 0.541. The number of hydrogen-bond acceptors (Lipinski definition) is 2. The first-order valence-electron chi connectivity index (χ1n) is 4.90. The van der Waals surface area contributed by atoms with Crippen molar-refractivity contribution >= 4 is 46.6 Å². The van der Waals surface area contributed by atoms with Crippen LogP contribution in [-0.2, 0) is 4.79 Å². The van der Waals surface area contributed by atoms with Crippen LogP contribution >= 0.6 is 35.0 Å². The Labute approximate surface area is 109 Å². The monoisotopic (exact) mass is 275 g/mol. The number of benzene rings is 1. The highest BCUT2D eigenvalue weighted by atomic mass is 35.5. The maximum Gasteiger partial charge on any atom is 0.228 e. The molecule has 0 aliphatic carbocycles. The molecule has 0 bridgehead atoms. The molecule has 1 aromatic carbocycles. The topological polar surface area (TPSA) is 20.3 Å². The fourth-order valence-electron chi connectivity index (χ4n) is 1.77. The zero-order chi connectivity index (χ0) is 11.7. The van der Waals surface area contributed by atoms with Crippen LogP contribution in [0.2, 0.25) is 5.02 Å². The number of carbonyl (C=O) groups excluding carboxylic acids is 1. The molecule has 1 aliphatic rings. The van der Waals surface area contributed by atoms with Gasteiger partial charge in [-0.2, -0.15) is 0 Å². The minimum absolute atomic E-state index is 0.0672. The van der Waals surface area contributed by atoms with Crippen LogP contribution in [0.4, 0.5) is 5.69 Å². The van der Waals surface area contributed by atoms with E-state index < -0.39 is 0 Å². The molecule has 16 heavy (non-hydrogen) atoms. The van der Waals surface area contributed by atoms with Gasteiger partial charge in [0.05, 0.1) is 11.1 Å². The van der Waals surface area contributed by atoms with E-state index in [0.29, 0.717) is 18.0 Å². The van der Waals surface area contributed by atoms with Crippen molar-refractivity contribution in [3.63, 3.8) is 0 Å². The van der Waals surface area contributed by atoms with Crippen molar-refractivity contribution in [3.8, 4) is 0 Å². The second-order valence-electron chi connectivity index (χ2n) is 3.62. The maximum atomic E-state index is 11.8. The van der Waals surface area contributed by atoms with Crippen molar-refractivity contribution in [1.82, 2.24) is 0 Å². The minimum Gasteiger partial charge on any atom is -0.310 e. The van der Waals surface area contributed by atoms with E-state index >= 15 is 0 Å². The molecule has 2 nitrogen and oxygen atoms in total. The van der Waals surface area contributed by atoms with Crippen LogP contribution in [0.1, 0.15) is 6.42 Å². The Bertz CT molecular complexity index is 424. The highest BCUT2D eigenvalue weighted by molar-refractivity contribution is 7.98. The molecular weight excluding hydrogens is 265 g/mol. The molecule has 1 fully saturated rings. The van der Waals surface area contributed by atoms with Gasteiger partial charge in [0.15, 0.2) is 0 Å². The van der Waals surface area contributed by atoms with E-state index in [4.69, 9.17) is 23.2 Å². The smallest absolute Gasteiger partial charge is 0.228 e. The van der Waals surface area contributed by atoms with E-state index in [-0.39, 0.29) is 11.3 Å². The van der Waals surface area contributed by atoms with Gasteiger partial charge in [-0.1, -0.05) is 11.6 Å². The molecule has 0 aromatic heterocycles. The van der Waals surface area contributed by atoms with Crippen molar-refractivity contribution < 1.29 is 4.79 Å². The van der Waals surface area contributed by atoms with Crippen LogP contribution in [0.15, 0.2) is 23.1 Å². The van der Waals surface area contributed by atoms with Crippen LogP contribution < -0.4 is 4.90 Å². The Morgan fingerprint density at radius 1 is 1.50 bits per heavy atom. The number of thioether (sulfide) groups is 1. The number of alkyl halides is 1. The predicted molar refractivity (Wildman–Crippen MR) is 69.8 cm³/mol. The van der Waals surface area contributed by atoms with Crippen molar-refractivity contribution in [2.24, 2.45) is 0 Å². The summed E-state index contributed by atoms with van der Waals surface area (Å²) in [4.78, 5) is 14.5. The summed E-state index contributed by atoms with van der Waals surface area (Å²) in [7, 11) is 0. The first kappa shape index (κ1) is 12.1. The molecule has 86 valence electrons. The lowest BCUT2D eigenvalue weighted by Crippen LogP contribution is -2.25. The molecule has 2 rings (SSSR count). The molecular formula is C11H11Cl2NOS.